The number of halogens is 1. The molecule has 4 aromatic rings. The van der Waals surface area contributed by atoms with Crippen LogP contribution in [0.2, 0.25) is 5.02 Å². The molecule has 0 radical (unpaired) electrons. The Morgan fingerprint density at radius 1 is 1.13 bits per heavy atom. The van der Waals surface area contributed by atoms with Crippen molar-refractivity contribution in [2.75, 3.05) is 5.32 Å². The molecule has 0 saturated carbocycles. The fraction of sp³-hybridized carbons (Fsp3) is 0.0870. The lowest BCUT2D eigenvalue weighted by molar-refractivity contribution is 0.102. The fourth-order valence-corrected chi connectivity index (χ4v) is 3.87. The van der Waals surface area contributed by atoms with E-state index in [2.05, 4.69) is 10.3 Å². The molecular weight excluding hydrogens is 418 g/mol. The molecule has 0 saturated heterocycles. The van der Waals surface area contributed by atoms with Gasteiger partial charge in [0.2, 0.25) is 0 Å². The van der Waals surface area contributed by atoms with Crippen molar-refractivity contribution >= 4 is 34.5 Å². The average Bonchev–Trinajstić information content (AvgIpc) is 3.18. The summed E-state index contributed by atoms with van der Waals surface area (Å²) in [5.41, 5.74) is 3.46. The van der Waals surface area contributed by atoms with Crippen molar-refractivity contribution in [3.05, 3.63) is 104 Å². The van der Waals surface area contributed by atoms with E-state index in [4.69, 9.17) is 11.6 Å². The average molecular weight is 436 g/mol. The van der Waals surface area contributed by atoms with Gasteiger partial charge >= 0.3 is 0 Å². The van der Waals surface area contributed by atoms with E-state index in [0.29, 0.717) is 16.3 Å². The van der Waals surface area contributed by atoms with E-state index in [9.17, 15) is 9.59 Å². The summed E-state index contributed by atoms with van der Waals surface area (Å²) in [7, 11) is 0. The van der Waals surface area contributed by atoms with Gasteiger partial charge in [-0.05, 0) is 36.8 Å². The molecule has 2 heterocycles. The number of aromatic nitrogens is 2. The first-order valence-electron chi connectivity index (χ1n) is 9.27. The number of carbonyl (C=O) groups excluding carboxylic acids is 1. The Morgan fingerprint density at radius 2 is 1.97 bits per heavy atom. The molecule has 0 spiro atoms. The lowest BCUT2D eigenvalue weighted by atomic mass is 10.1. The highest BCUT2D eigenvalue weighted by molar-refractivity contribution is 7.09. The van der Waals surface area contributed by atoms with Gasteiger partial charge in [0, 0.05) is 33.9 Å². The molecule has 4 rings (SSSR count). The summed E-state index contributed by atoms with van der Waals surface area (Å²) in [4.78, 5) is 29.5. The summed E-state index contributed by atoms with van der Waals surface area (Å²) in [6.45, 7) is 2.25. The van der Waals surface area contributed by atoms with Crippen LogP contribution in [-0.4, -0.2) is 15.5 Å². The number of hydrogen-bond acceptors (Lipinski definition) is 4. The van der Waals surface area contributed by atoms with Gasteiger partial charge in [-0.2, -0.15) is 0 Å². The van der Waals surface area contributed by atoms with E-state index in [1.807, 2.05) is 54.8 Å². The van der Waals surface area contributed by atoms with Crippen LogP contribution in [0.4, 0.5) is 5.69 Å². The Balaban J connectivity index is 1.56. The summed E-state index contributed by atoms with van der Waals surface area (Å²) in [6, 6.07) is 17.8. The maximum Gasteiger partial charge on any atom is 0.257 e. The number of thiazole rings is 1. The minimum Gasteiger partial charge on any atom is -0.322 e. The molecule has 0 fully saturated rings. The van der Waals surface area contributed by atoms with E-state index < -0.39 is 0 Å². The van der Waals surface area contributed by atoms with Gasteiger partial charge < -0.3 is 9.88 Å². The highest BCUT2D eigenvalue weighted by Crippen LogP contribution is 2.24. The number of pyridine rings is 1. The van der Waals surface area contributed by atoms with Gasteiger partial charge in [-0.1, -0.05) is 41.9 Å². The van der Waals surface area contributed by atoms with Crippen molar-refractivity contribution in [3.8, 4) is 11.3 Å². The molecule has 7 heteroatoms. The standard InChI is InChI=1S/C23H18ClN3O2S/c1-15-25-21(14-30-15)16-6-4-7-19(11-16)26-23(29)18-9-10-22(28)27(13-18)12-17-5-2-3-8-20(17)24/h2-11,13-14H,12H2,1H3,(H,26,29). The van der Waals surface area contributed by atoms with Crippen LogP contribution in [0.25, 0.3) is 11.3 Å². The highest BCUT2D eigenvalue weighted by Gasteiger charge is 2.11. The van der Waals surface area contributed by atoms with Crippen molar-refractivity contribution < 1.29 is 4.79 Å². The molecule has 2 aromatic heterocycles. The molecule has 150 valence electrons. The molecule has 5 nitrogen and oxygen atoms in total. The Hall–Kier alpha value is -3.22. The zero-order valence-corrected chi connectivity index (χ0v) is 17.7. The van der Waals surface area contributed by atoms with Gasteiger partial charge in [0.25, 0.3) is 11.5 Å². The van der Waals surface area contributed by atoms with Crippen molar-refractivity contribution in [1.82, 2.24) is 9.55 Å². The third-order valence-electron chi connectivity index (χ3n) is 4.58. The minimum atomic E-state index is -0.297. The first kappa shape index (κ1) is 20.1. The quantitative estimate of drug-likeness (QED) is 0.466. The van der Waals surface area contributed by atoms with E-state index in [1.165, 1.54) is 16.7 Å². The molecular formula is C23H18ClN3O2S. The SMILES string of the molecule is Cc1nc(-c2cccc(NC(=O)c3ccc(=O)n(Cc4ccccc4Cl)c3)c2)cs1. The van der Waals surface area contributed by atoms with Crippen LogP contribution in [0.1, 0.15) is 20.9 Å². The maximum absolute atomic E-state index is 12.8. The van der Waals surface area contributed by atoms with Gasteiger partial charge in [-0.3, -0.25) is 9.59 Å². The van der Waals surface area contributed by atoms with Gasteiger partial charge in [0.15, 0.2) is 0 Å². The number of benzene rings is 2. The number of carbonyl (C=O) groups is 1. The monoisotopic (exact) mass is 435 g/mol. The molecule has 1 N–H and O–H groups in total. The number of anilines is 1. The zero-order chi connectivity index (χ0) is 21.1. The van der Waals surface area contributed by atoms with Crippen molar-refractivity contribution in [3.63, 3.8) is 0 Å². The third kappa shape index (κ3) is 4.50. The van der Waals surface area contributed by atoms with Crippen LogP contribution in [-0.2, 0) is 6.54 Å². The summed E-state index contributed by atoms with van der Waals surface area (Å²) >= 11 is 7.78. The second-order valence-electron chi connectivity index (χ2n) is 6.76. The molecule has 0 bridgehead atoms. The smallest absolute Gasteiger partial charge is 0.257 e. The molecule has 0 atom stereocenters. The highest BCUT2D eigenvalue weighted by atomic mass is 35.5. The normalized spacial score (nSPS) is 10.7. The van der Waals surface area contributed by atoms with E-state index in [0.717, 1.165) is 21.8 Å². The predicted molar refractivity (Wildman–Crippen MR) is 121 cm³/mol. The van der Waals surface area contributed by atoms with Crippen molar-refractivity contribution in [1.29, 1.82) is 0 Å². The Labute approximate surface area is 182 Å². The van der Waals surface area contributed by atoms with Gasteiger partial charge in [0.1, 0.15) is 0 Å². The zero-order valence-electron chi connectivity index (χ0n) is 16.1. The van der Waals surface area contributed by atoms with E-state index in [-0.39, 0.29) is 18.0 Å². The van der Waals surface area contributed by atoms with E-state index in [1.54, 1.807) is 23.6 Å². The largest absolute Gasteiger partial charge is 0.322 e. The van der Waals surface area contributed by atoms with Crippen LogP contribution >= 0.6 is 22.9 Å². The number of nitrogens with zero attached hydrogens (tertiary/aromatic N) is 2. The van der Waals surface area contributed by atoms with Gasteiger partial charge in [-0.25, -0.2) is 4.98 Å². The molecule has 30 heavy (non-hydrogen) atoms. The molecule has 1 amide bonds. The van der Waals surface area contributed by atoms with Crippen molar-refractivity contribution in [2.24, 2.45) is 0 Å². The molecule has 2 aromatic carbocycles. The maximum atomic E-state index is 12.8. The molecule has 0 aliphatic rings. The topological polar surface area (TPSA) is 64.0 Å². The summed E-state index contributed by atoms with van der Waals surface area (Å²) in [5.74, 6) is -0.297. The number of rotatable bonds is 5. The number of aryl methyl sites for hydroxylation is 1. The molecule has 0 unspecified atom stereocenters. The summed E-state index contributed by atoms with van der Waals surface area (Å²) in [6.07, 6.45) is 1.55. The number of amides is 1. The fourth-order valence-electron chi connectivity index (χ4n) is 3.05. The lowest BCUT2D eigenvalue weighted by Gasteiger charge is -2.10. The Bertz CT molecular complexity index is 1280. The van der Waals surface area contributed by atoms with Crippen LogP contribution in [0.3, 0.4) is 0 Å². The van der Waals surface area contributed by atoms with E-state index >= 15 is 0 Å². The van der Waals surface area contributed by atoms with Crippen LogP contribution in [0.5, 0.6) is 0 Å². The Morgan fingerprint density at radius 3 is 2.73 bits per heavy atom. The third-order valence-corrected chi connectivity index (χ3v) is 5.72. The second kappa shape index (κ2) is 8.65. The first-order chi connectivity index (χ1) is 14.5. The summed E-state index contributed by atoms with van der Waals surface area (Å²) in [5, 5.41) is 6.44. The summed E-state index contributed by atoms with van der Waals surface area (Å²) < 4.78 is 1.48. The van der Waals surface area contributed by atoms with Crippen LogP contribution < -0.4 is 10.9 Å². The van der Waals surface area contributed by atoms with Gasteiger partial charge in [0.05, 0.1) is 22.8 Å². The number of hydrogen-bond donors (Lipinski definition) is 1. The first-order valence-corrected chi connectivity index (χ1v) is 10.5. The van der Waals surface area contributed by atoms with Crippen molar-refractivity contribution in [2.45, 2.75) is 13.5 Å². The van der Waals surface area contributed by atoms with Gasteiger partial charge in [-0.15, -0.1) is 11.3 Å². The predicted octanol–water partition coefficient (Wildman–Crippen LogP) is 5.23. The lowest BCUT2D eigenvalue weighted by Crippen LogP contribution is -2.22. The Kier molecular flexibility index (Phi) is 5.79. The number of nitrogens with one attached hydrogen (secondary N) is 1. The second-order valence-corrected chi connectivity index (χ2v) is 8.23. The van der Waals surface area contributed by atoms with Crippen LogP contribution in [0.15, 0.2) is 77.0 Å². The molecule has 0 aliphatic carbocycles. The minimum absolute atomic E-state index is 0.202. The molecule has 0 aliphatic heterocycles. The van der Waals surface area contributed by atoms with Crippen LogP contribution in [0, 0.1) is 6.92 Å².